The van der Waals surface area contributed by atoms with Crippen LogP contribution in [-0.2, 0) is 9.68 Å². The van der Waals surface area contributed by atoms with E-state index in [4.69, 9.17) is 37.6 Å². The van der Waals surface area contributed by atoms with E-state index >= 15 is 0 Å². The van der Waals surface area contributed by atoms with Gasteiger partial charge in [0.25, 0.3) is 11.8 Å². The van der Waals surface area contributed by atoms with E-state index in [0.29, 0.717) is 24.3 Å². The van der Waals surface area contributed by atoms with Crippen molar-refractivity contribution in [3.8, 4) is 5.75 Å². The second-order valence-electron chi connectivity index (χ2n) is 12.1. The lowest BCUT2D eigenvalue weighted by atomic mass is 10.1. The largest absolute Gasteiger partial charge is 0.491 e. The molecule has 60 heavy (non-hydrogen) atoms. The lowest BCUT2D eigenvalue weighted by molar-refractivity contribution is -0.0259. The molecular formula is C39H32Cl2F6I2N4O7. The Kier molecular flexibility index (Phi) is 18.8. The zero-order valence-corrected chi connectivity index (χ0v) is 36.5. The quantitative estimate of drug-likeness (QED) is 0.0246. The number of ether oxygens (including phenoxy) is 1. The second-order valence-corrected chi connectivity index (χ2v) is 15.4. The van der Waals surface area contributed by atoms with Crippen molar-refractivity contribution in [1.82, 2.24) is 11.0 Å². The van der Waals surface area contributed by atoms with Crippen LogP contribution >= 0.6 is 68.4 Å². The Hall–Kier alpha value is -4.10. The number of halogens is 10. The predicted octanol–water partition coefficient (Wildman–Crippen LogP) is 9.74. The van der Waals surface area contributed by atoms with Gasteiger partial charge in [0, 0.05) is 7.14 Å². The average Bonchev–Trinajstić information content (AvgIpc) is 3.22. The maximum Gasteiger partial charge on any atom is 0.277 e. The average molecular weight is 1110 g/mol. The van der Waals surface area contributed by atoms with Gasteiger partial charge in [0.15, 0.2) is 34.9 Å². The summed E-state index contributed by atoms with van der Waals surface area (Å²) < 4.78 is 90.7. The van der Waals surface area contributed by atoms with E-state index in [1.807, 2.05) is 56.1 Å². The summed E-state index contributed by atoms with van der Waals surface area (Å²) in [6.45, 7) is 0.974. The molecule has 11 nitrogen and oxygen atoms in total. The predicted molar refractivity (Wildman–Crippen MR) is 229 cm³/mol. The fraction of sp³-hybridized carbons (Fsp3) is 0.179. The van der Waals surface area contributed by atoms with Crippen molar-refractivity contribution in [3.05, 3.63) is 142 Å². The number of hydroxylamine groups is 2. The maximum absolute atomic E-state index is 14.5. The van der Waals surface area contributed by atoms with Crippen LogP contribution in [0.25, 0.3) is 0 Å². The number of anilines is 4. The molecule has 0 bridgehead atoms. The van der Waals surface area contributed by atoms with E-state index in [2.05, 4.69) is 10.6 Å². The molecule has 0 heterocycles. The van der Waals surface area contributed by atoms with Gasteiger partial charge in [0.2, 0.25) is 0 Å². The number of hydrogen-bond donors (Lipinski definition) is 6. The summed E-state index contributed by atoms with van der Waals surface area (Å²) in [5.74, 6) is -11.4. The molecule has 21 heteroatoms. The Labute approximate surface area is 375 Å². The molecule has 0 saturated carbocycles. The van der Waals surface area contributed by atoms with Crippen molar-refractivity contribution in [2.75, 3.05) is 30.5 Å². The number of nitrogens with one attached hydrogen (secondary N) is 4. The summed E-state index contributed by atoms with van der Waals surface area (Å²) in [6, 6.07) is 19.2. The Morgan fingerprint density at radius 3 is 1.48 bits per heavy atom. The van der Waals surface area contributed by atoms with Crippen LogP contribution < -0.4 is 26.3 Å². The van der Waals surface area contributed by atoms with Gasteiger partial charge in [-0.2, -0.15) is 0 Å². The first-order valence-electron chi connectivity index (χ1n) is 17.2. The van der Waals surface area contributed by atoms with Gasteiger partial charge < -0.3 is 25.6 Å². The molecule has 0 radical (unpaired) electrons. The standard InChI is InChI=1S/C22H17ClF3IN2O4.C17H15ClF3IN2O3/c23-16-8-12(27)6-7-18(16)28-21-15(9-17(24)19(25)20(21)26)22(31)29-33-11-13(30)10-32-14-4-2-1-3-5-14;1-2-9(25)7-27-24-17(26)10-6-12(19)14(20)15(21)16(10)23-13-4-3-8(22)5-11(13)18/h1-9,13,28,30H,10-11H2,(H,29,31);3-6,9,23,25H,2,7H2,1H3,(H,24,26). The summed E-state index contributed by atoms with van der Waals surface area (Å²) in [7, 11) is 0. The van der Waals surface area contributed by atoms with Gasteiger partial charge in [0.1, 0.15) is 31.7 Å². The van der Waals surface area contributed by atoms with Crippen molar-refractivity contribution in [2.45, 2.75) is 25.6 Å². The molecule has 0 aromatic heterocycles. The van der Waals surface area contributed by atoms with Crippen molar-refractivity contribution < 1.29 is 60.6 Å². The molecule has 2 amide bonds. The molecule has 5 rings (SSSR count). The molecule has 2 atom stereocenters. The van der Waals surface area contributed by atoms with Crippen LogP contribution in [0.4, 0.5) is 49.1 Å². The highest BCUT2D eigenvalue weighted by Crippen LogP contribution is 2.34. The molecule has 0 aliphatic rings. The number of hydrogen-bond acceptors (Lipinski definition) is 9. The number of para-hydroxylation sites is 1. The number of amides is 2. The zero-order valence-electron chi connectivity index (χ0n) is 30.7. The van der Waals surface area contributed by atoms with Crippen LogP contribution in [0.15, 0.2) is 78.9 Å². The van der Waals surface area contributed by atoms with Gasteiger partial charge in [-0.3, -0.25) is 19.3 Å². The summed E-state index contributed by atoms with van der Waals surface area (Å²) in [5.41, 5.74) is 1.95. The molecule has 2 unspecified atom stereocenters. The number of aliphatic hydroxyl groups is 2. The van der Waals surface area contributed by atoms with Crippen LogP contribution in [0.5, 0.6) is 5.75 Å². The number of carbonyl (C=O) groups is 2. The summed E-state index contributed by atoms with van der Waals surface area (Å²) in [6.07, 6.45) is -1.56. The lowest BCUT2D eigenvalue weighted by Gasteiger charge is -2.16. The van der Waals surface area contributed by atoms with Crippen LogP contribution in [0, 0.1) is 42.0 Å². The third-order valence-corrected chi connectivity index (χ3v) is 9.70. The van der Waals surface area contributed by atoms with E-state index in [9.17, 15) is 46.1 Å². The van der Waals surface area contributed by atoms with Gasteiger partial charge in [-0.25, -0.2) is 37.3 Å². The van der Waals surface area contributed by atoms with Crippen molar-refractivity contribution in [2.24, 2.45) is 0 Å². The molecule has 0 saturated heterocycles. The Balaban J connectivity index is 0.000000270. The van der Waals surface area contributed by atoms with Crippen molar-refractivity contribution >= 4 is 103 Å². The molecule has 5 aromatic rings. The van der Waals surface area contributed by atoms with Crippen LogP contribution in [-0.4, -0.2) is 54.1 Å². The third kappa shape index (κ3) is 13.7. The van der Waals surface area contributed by atoms with Gasteiger partial charge in [-0.1, -0.05) is 48.3 Å². The highest BCUT2D eigenvalue weighted by molar-refractivity contribution is 14.1. The molecule has 0 aliphatic heterocycles. The molecule has 5 aromatic carbocycles. The van der Waals surface area contributed by atoms with Gasteiger partial charge in [-0.05, 0) is 112 Å². The maximum atomic E-state index is 14.5. The monoisotopic (exact) mass is 1110 g/mol. The van der Waals surface area contributed by atoms with Gasteiger partial charge in [0.05, 0.1) is 50.0 Å². The van der Waals surface area contributed by atoms with E-state index < -0.39 is 81.4 Å². The fourth-order valence-corrected chi connectivity index (χ4v) is 6.44. The van der Waals surface area contributed by atoms with E-state index in [1.54, 1.807) is 61.5 Å². The molecular weight excluding hydrogens is 1080 g/mol. The van der Waals surface area contributed by atoms with Crippen LogP contribution in [0.1, 0.15) is 34.1 Å². The number of rotatable bonds is 16. The normalized spacial score (nSPS) is 11.8. The van der Waals surface area contributed by atoms with E-state index in [1.165, 1.54) is 12.1 Å². The SMILES string of the molecule is CCC(O)CONC(=O)c1cc(F)c(F)c(F)c1Nc1ccc(I)cc1Cl.O=C(NOCC(O)COc1ccccc1)c1cc(F)c(F)c(F)c1Nc1ccc(I)cc1Cl. The van der Waals surface area contributed by atoms with Gasteiger partial charge >= 0.3 is 0 Å². The molecule has 0 spiro atoms. The summed E-state index contributed by atoms with van der Waals surface area (Å²) >= 11 is 16.2. The third-order valence-electron chi connectivity index (χ3n) is 7.73. The van der Waals surface area contributed by atoms with Crippen LogP contribution in [0.2, 0.25) is 10.0 Å². The fourth-order valence-electron chi connectivity index (χ4n) is 4.64. The Morgan fingerprint density at radius 2 is 1.07 bits per heavy atom. The number of benzene rings is 5. The Bertz CT molecular complexity index is 2310. The molecule has 0 fully saturated rings. The molecule has 320 valence electrons. The first-order chi connectivity index (χ1) is 28.5. The molecule has 0 aliphatic carbocycles. The summed E-state index contributed by atoms with van der Waals surface area (Å²) in [4.78, 5) is 34.5. The minimum absolute atomic E-state index is 0.127. The van der Waals surface area contributed by atoms with Crippen molar-refractivity contribution in [1.29, 1.82) is 0 Å². The lowest BCUT2D eigenvalue weighted by Crippen LogP contribution is -2.31. The summed E-state index contributed by atoms with van der Waals surface area (Å²) in [5, 5.41) is 24.7. The minimum atomic E-state index is -1.76. The van der Waals surface area contributed by atoms with Gasteiger partial charge in [-0.15, -0.1) is 0 Å². The topological polar surface area (TPSA) is 150 Å². The zero-order chi connectivity index (χ0) is 44.1. The number of aliphatic hydroxyl groups excluding tert-OH is 2. The first-order valence-corrected chi connectivity index (χ1v) is 20.1. The highest BCUT2D eigenvalue weighted by Gasteiger charge is 2.26. The van der Waals surface area contributed by atoms with Crippen molar-refractivity contribution in [3.63, 3.8) is 0 Å². The second kappa shape index (κ2) is 23.2. The Morgan fingerprint density at radius 1 is 0.633 bits per heavy atom. The smallest absolute Gasteiger partial charge is 0.277 e. The van der Waals surface area contributed by atoms with Crippen LogP contribution in [0.3, 0.4) is 0 Å². The highest BCUT2D eigenvalue weighted by atomic mass is 127. The van der Waals surface area contributed by atoms with E-state index in [0.717, 1.165) is 7.14 Å². The molecule has 6 N–H and O–H groups in total. The first kappa shape index (κ1) is 48.6. The van der Waals surface area contributed by atoms with E-state index in [-0.39, 0.29) is 41.2 Å². The number of carbonyl (C=O) groups excluding carboxylic acids is 2. The minimum Gasteiger partial charge on any atom is -0.491 e.